The largest absolute Gasteiger partial charge is 0.383 e. The molecule has 2 aromatic rings. The van der Waals surface area contributed by atoms with Crippen molar-refractivity contribution in [1.29, 1.82) is 0 Å². The molecule has 7 heteroatoms. The Morgan fingerprint density at radius 3 is 2.41 bits per heavy atom. The number of hydrogen-bond donors (Lipinski definition) is 0. The van der Waals surface area contributed by atoms with Gasteiger partial charge in [-0.1, -0.05) is 23.9 Å². The molecule has 0 aliphatic rings. The molecule has 0 aliphatic heterocycles. The van der Waals surface area contributed by atoms with Gasteiger partial charge in [-0.25, -0.2) is 4.98 Å². The second-order valence-electron chi connectivity index (χ2n) is 7.05. The Hall–Kier alpha value is -1.86. The molecule has 148 valence electrons. The Bertz CT molecular complexity index is 840. The molecule has 1 aromatic heterocycles. The quantitative estimate of drug-likeness (QED) is 0.511. The van der Waals surface area contributed by atoms with Gasteiger partial charge in [-0.3, -0.25) is 14.2 Å². The Morgan fingerprint density at radius 2 is 1.81 bits per heavy atom. The summed E-state index contributed by atoms with van der Waals surface area (Å²) in [5, 5.41) is 0.767. The minimum absolute atomic E-state index is 0.0469. The van der Waals surface area contributed by atoms with Crippen molar-refractivity contribution in [3.63, 3.8) is 0 Å². The molecule has 0 fully saturated rings. The molecule has 0 saturated heterocycles. The molecular weight excluding hydrogens is 362 g/mol. The first-order valence-corrected chi connectivity index (χ1v) is 10.1. The molecule has 1 heterocycles. The Morgan fingerprint density at radius 1 is 1.19 bits per heavy atom. The minimum Gasteiger partial charge on any atom is -0.383 e. The summed E-state index contributed by atoms with van der Waals surface area (Å²) in [7, 11) is 1.60. The van der Waals surface area contributed by atoms with E-state index in [2.05, 4.69) is 4.98 Å². The standard InChI is InChI=1S/C20H29N3O3S/c1-13(2)23(14(3)4)18(24)15(5)27-20-21-17-10-8-7-9-16(17)19(25)22(20)11-12-26-6/h7-10,13-15H,11-12H2,1-6H3/t15-/m1/s1. The molecule has 6 nitrogen and oxygen atoms in total. The second kappa shape index (κ2) is 9.37. The van der Waals surface area contributed by atoms with E-state index in [1.165, 1.54) is 11.8 Å². The molecule has 0 radical (unpaired) electrons. The maximum atomic E-state index is 13.0. The first-order chi connectivity index (χ1) is 12.8. The molecule has 1 atom stereocenters. The third kappa shape index (κ3) is 4.90. The summed E-state index contributed by atoms with van der Waals surface area (Å²) in [6.07, 6.45) is 0. The molecule has 0 saturated carbocycles. The first kappa shape index (κ1) is 21.4. The summed E-state index contributed by atoms with van der Waals surface area (Å²) >= 11 is 1.33. The molecular formula is C20H29N3O3S. The Kier molecular flexibility index (Phi) is 7.44. The van der Waals surface area contributed by atoms with Crippen LogP contribution < -0.4 is 5.56 Å². The topological polar surface area (TPSA) is 64.4 Å². The van der Waals surface area contributed by atoms with E-state index in [0.717, 1.165) is 0 Å². The predicted molar refractivity (Wildman–Crippen MR) is 110 cm³/mol. The van der Waals surface area contributed by atoms with Crippen LogP contribution >= 0.6 is 11.8 Å². The van der Waals surface area contributed by atoms with Crippen LogP contribution in [0.3, 0.4) is 0 Å². The molecule has 0 aliphatic carbocycles. The Labute approximate surface area is 164 Å². The number of para-hydroxylation sites is 1. The summed E-state index contributed by atoms with van der Waals surface area (Å²) in [6, 6.07) is 7.50. The fourth-order valence-electron chi connectivity index (χ4n) is 3.14. The summed E-state index contributed by atoms with van der Waals surface area (Å²) in [4.78, 5) is 32.4. The number of carbonyl (C=O) groups is 1. The lowest BCUT2D eigenvalue weighted by Crippen LogP contribution is -2.45. The van der Waals surface area contributed by atoms with Crippen molar-refractivity contribution in [2.75, 3.05) is 13.7 Å². The molecule has 0 unspecified atom stereocenters. The molecule has 0 N–H and O–H groups in total. The van der Waals surface area contributed by atoms with Crippen LogP contribution in [0, 0.1) is 0 Å². The van der Waals surface area contributed by atoms with Crippen LogP contribution in [-0.2, 0) is 16.1 Å². The normalized spacial score (nSPS) is 12.7. The summed E-state index contributed by atoms with van der Waals surface area (Å²) in [5.74, 6) is 0.0469. The van der Waals surface area contributed by atoms with Crippen LogP contribution in [0.15, 0.2) is 34.2 Å². The number of methoxy groups -OCH3 is 1. The van der Waals surface area contributed by atoms with Gasteiger partial charge in [0.1, 0.15) is 0 Å². The number of nitrogens with zero attached hydrogens (tertiary/aromatic N) is 3. The van der Waals surface area contributed by atoms with Crippen LogP contribution in [0.2, 0.25) is 0 Å². The number of thioether (sulfide) groups is 1. The average Bonchev–Trinajstić information content (AvgIpc) is 2.60. The lowest BCUT2D eigenvalue weighted by atomic mass is 10.2. The average molecular weight is 392 g/mol. The number of amides is 1. The zero-order chi connectivity index (χ0) is 20.1. The van der Waals surface area contributed by atoms with Crippen molar-refractivity contribution in [1.82, 2.24) is 14.5 Å². The van der Waals surface area contributed by atoms with Crippen molar-refractivity contribution in [3.8, 4) is 0 Å². The Balaban J connectivity index is 2.41. The first-order valence-electron chi connectivity index (χ1n) is 9.25. The van der Waals surface area contributed by atoms with Crippen LogP contribution in [0.1, 0.15) is 34.6 Å². The van der Waals surface area contributed by atoms with Gasteiger partial charge in [-0.05, 0) is 46.8 Å². The highest BCUT2D eigenvalue weighted by molar-refractivity contribution is 8.00. The number of carbonyl (C=O) groups excluding carboxylic acids is 1. The van der Waals surface area contributed by atoms with Crippen molar-refractivity contribution < 1.29 is 9.53 Å². The van der Waals surface area contributed by atoms with Gasteiger partial charge in [0.2, 0.25) is 5.91 Å². The molecule has 27 heavy (non-hydrogen) atoms. The lowest BCUT2D eigenvalue weighted by Gasteiger charge is -2.33. The molecule has 0 bridgehead atoms. The van der Waals surface area contributed by atoms with Gasteiger partial charge >= 0.3 is 0 Å². The zero-order valence-electron chi connectivity index (χ0n) is 16.9. The van der Waals surface area contributed by atoms with Crippen molar-refractivity contribution >= 4 is 28.6 Å². The van der Waals surface area contributed by atoms with Crippen LogP contribution in [-0.4, -0.2) is 51.4 Å². The van der Waals surface area contributed by atoms with Crippen LogP contribution in [0.5, 0.6) is 0 Å². The number of rotatable bonds is 8. The van der Waals surface area contributed by atoms with E-state index in [4.69, 9.17) is 4.74 Å². The lowest BCUT2D eigenvalue weighted by molar-refractivity contribution is -0.133. The van der Waals surface area contributed by atoms with Crippen molar-refractivity contribution in [3.05, 3.63) is 34.6 Å². The number of hydrogen-bond acceptors (Lipinski definition) is 5. The third-order valence-corrected chi connectivity index (χ3v) is 5.42. The number of benzene rings is 1. The summed E-state index contributed by atoms with van der Waals surface area (Å²) < 4.78 is 6.76. The van der Waals surface area contributed by atoms with Crippen molar-refractivity contribution in [2.24, 2.45) is 0 Å². The van der Waals surface area contributed by atoms with E-state index in [1.807, 2.05) is 57.7 Å². The van der Waals surface area contributed by atoms with Crippen molar-refractivity contribution in [2.45, 2.75) is 63.7 Å². The van der Waals surface area contributed by atoms with Gasteiger partial charge in [0.15, 0.2) is 5.16 Å². The van der Waals surface area contributed by atoms with Gasteiger partial charge in [-0.2, -0.15) is 0 Å². The zero-order valence-corrected chi connectivity index (χ0v) is 17.7. The van der Waals surface area contributed by atoms with Gasteiger partial charge < -0.3 is 9.64 Å². The smallest absolute Gasteiger partial charge is 0.262 e. The molecule has 1 amide bonds. The summed E-state index contributed by atoms with van der Waals surface area (Å²) in [5.41, 5.74) is 0.535. The minimum atomic E-state index is -0.350. The maximum Gasteiger partial charge on any atom is 0.262 e. The van der Waals surface area contributed by atoms with E-state index in [1.54, 1.807) is 17.7 Å². The van der Waals surface area contributed by atoms with Gasteiger partial charge in [-0.15, -0.1) is 0 Å². The third-order valence-electron chi connectivity index (χ3n) is 4.34. The highest BCUT2D eigenvalue weighted by Gasteiger charge is 2.27. The molecule has 0 spiro atoms. The van der Waals surface area contributed by atoms with E-state index in [0.29, 0.717) is 29.2 Å². The number of aromatic nitrogens is 2. The second-order valence-corrected chi connectivity index (χ2v) is 8.36. The van der Waals surface area contributed by atoms with E-state index >= 15 is 0 Å². The highest BCUT2D eigenvalue weighted by atomic mass is 32.2. The van der Waals surface area contributed by atoms with E-state index < -0.39 is 0 Å². The SMILES string of the molecule is COCCn1c(S[C@H](C)C(=O)N(C(C)C)C(C)C)nc2ccccc2c1=O. The van der Waals surface area contributed by atoms with Gasteiger partial charge in [0.05, 0.1) is 29.3 Å². The fraction of sp³-hybridized carbons (Fsp3) is 0.550. The summed E-state index contributed by atoms with van der Waals surface area (Å²) in [6.45, 7) is 10.7. The van der Waals surface area contributed by atoms with Crippen LogP contribution in [0.4, 0.5) is 0 Å². The number of fused-ring (bicyclic) bond motifs is 1. The monoisotopic (exact) mass is 391 g/mol. The van der Waals surface area contributed by atoms with Crippen LogP contribution in [0.25, 0.3) is 10.9 Å². The van der Waals surface area contributed by atoms with Gasteiger partial charge in [0.25, 0.3) is 5.56 Å². The molecule has 2 rings (SSSR count). The maximum absolute atomic E-state index is 13.0. The fourth-order valence-corrected chi connectivity index (χ4v) is 4.13. The van der Waals surface area contributed by atoms with E-state index in [-0.39, 0.29) is 28.8 Å². The van der Waals surface area contributed by atoms with Gasteiger partial charge in [0, 0.05) is 19.2 Å². The highest BCUT2D eigenvalue weighted by Crippen LogP contribution is 2.25. The predicted octanol–water partition coefficient (Wildman–Crippen LogP) is 3.17. The van der Waals surface area contributed by atoms with E-state index in [9.17, 15) is 9.59 Å². The number of ether oxygens (including phenoxy) is 1. The molecule has 1 aromatic carbocycles.